The highest BCUT2D eigenvalue weighted by atomic mass is 35.5. The van der Waals surface area contributed by atoms with Crippen LogP contribution in [0.3, 0.4) is 0 Å². The number of halogens is 1. The van der Waals surface area contributed by atoms with E-state index in [2.05, 4.69) is 11.4 Å². The van der Waals surface area contributed by atoms with Crippen LogP contribution in [0.5, 0.6) is 5.75 Å². The molecule has 0 radical (unpaired) electrons. The molecule has 136 valence electrons. The first-order valence-electron chi connectivity index (χ1n) is 8.35. The SMILES string of the molecule is COc1ccc2cc(CNC(=O)C(N)C3CCOCC3)ccc2c1.Cl. The van der Waals surface area contributed by atoms with Gasteiger partial charge in [-0.15, -0.1) is 12.4 Å². The lowest BCUT2D eigenvalue weighted by Crippen LogP contribution is -2.46. The molecule has 0 spiro atoms. The number of benzene rings is 2. The molecular formula is C19H25ClN2O3. The minimum atomic E-state index is -0.460. The van der Waals surface area contributed by atoms with E-state index < -0.39 is 6.04 Å². The van der Waals surface area contributed by atoms with Gasteiger partial charge in [0.2, 0.25) is 5.91 Å². The summed E-state index contributed by atoms with van der Waals surface area (Å²) in [4.78, 5) is 12.3. The predicted molar refractivity (Wildman–Crippen MR) is 101 cm³/mol. The maximum Gasteiger partial charge on any atom is 0.237 e. The van der Waals surface area contributed by atoms with Gasteiger partial charge in [-0.2, -0.15) is 0 Å². The third kappa shape index (κ3) is 4.84. The van der Waals surface area contributed by atoms with E-state index in [4.69, 9.17) is 15.2 Å². The first-order valence-corrected chi connectivity index (χ1v) is 8.35. The monoisotopic (exact) mass is 364 g/mol. The van der Waals surface area contributed by atoms with Crippen LogP contribution in [-0.2, 0) is 16.1 Å². The molecule has 25 heavy (non-hydrogen) atoms. The lowest BCUT2D eigenvalue weighted by atomic mass is 9.92. The Hall–Kier alpha value is -1.82. The Balaban J connectivity index is 0.00000225. The molecule has 1 fully saturated rings. The molecule has 1 unspecified atom stereocenters. The molecule has 5 nitrogen and oxygen atoms in total. The molecule has 2 aromatic carbocycles. The van der Waals surface area contributed by atoms with Gasteiger partial charge in [-0.25, -0.2) is 0 Å². The summed E-state index contributed by atoms with van der Waals surface area (Å²) in [5, 5.41) is 5.19. The van der Waals surface area contributed by atoms with E-state index in [1.807, 2.05) is 30.3 Å². The lowest BCUT2D eigenvalue weighted by molar-refractivity contribution is -0.124. The maximum absolute atomic E-state index is 12.3. The fourth-order valence-corrected chi connectivity index (χ4v) is 3.11. The molecule has 1 aliphatic heterocycles. The molecule has 1 heterocycles. The summed E-state index contributed by atoms with van der Waals surface area (Å²) >= 11 is 0. The van der Waals surface area contributed by atoms with Crippen LogP contribution in [0.15, 0.2) is 36.4 Å². The minimum Gasteiger partial charge on any atom is -0.497 e. The van der Waals surface area contributed by atoms with Gasteiger partial charge in [-0.1, -0.05) is 18.2 Å². The fourth-order valence-electron chi connectivity index (χ4n) is 3.11. The average Bonchev–Trinajstić information content (AvgIpc) is 2.65. The topological polar surface area (TPSA) is 73.6 Å². The third-order valence-corrected chi connectivity index (χ3v) is 4.66. The fraction of sp³-hybridized carbons (Fsp3) is 0.421. The summed E-state index contributed by atoms with van der Waals surface area (Å²) in [5.74, 6) is 0.963. The smallest absolute Gasteiger partial charge is 0.237 e. The molecule has 3 N–H and O–H groups in total. The highest BCUT2D eigenvalue weighted by Crippen LogP contribution is 2.22. The second-order valence-electron chi connectivity index (χ2n) is 6.24. The number of ether oxygens (including phenoxy) is 2. The van der Waals surface area contributed by atoms with Crippen LogP contribution in [0, 0.1) is 5.92 Å². The highest BCUT2D eigenvalue weighted by molar-refractivity contribution is 5.85. The summed E-state index contributed by atoms with van der Waals surface area (Å²) in [6, 6.07) is 11.6. The maximum atomic E-state index is 12.3. The molecule has 6 heteroatoms. The Morgan fingerprint density at radius 1 is 1.24 bits per heavy atom. The van der Waals surface area contributed by atoms with Gasteiger partial charge >= 0.3 is 0 Å². The Morgan fingerprint density at radius 3 is 2.64 bits per heavy atom. The molecule has 1 atom stereocenters. The van der Waals surface area contributed by atoms with Crippen LogP contribution >= 0.6 is 12.4 Å². The molecule has 2 aromatic rings. The Bertz CT molecular complexity index is 717. The second-order valence-corrected chi connectivity index (χ2v) is 6.24. The number of carbonyl (C=O) groups excluding carboxylic acids is 1. The molecule has 1 aliphatic rings. The third-order valence-electron chi connectivity index (χ3n) is 4.66. The van der Waals surface area contributed by atoms with Crippen molar-refractivity contribution in [1.82, 2.24) is 5.32 Å². The van der Waals surface area contributed by atoms with E-state index in [0.29, 0.717) is 19.8 Å². The van der Waals surface area contributed by atoms with Gasteiger partial charge in [0.1, 0.15) is 5.75 Å². The number of fused-ring (bicyclic) bond motifs is 1. The van der Waals surface area contributed by atoms with Crippen molar-refractivity contribution in [1.29, 1.82) is 0 Å². The number of nitrogens with two attached hydrogens (primary N) is 1. The zero-order valence-electron chi connectivity index (χ0n) is 14.4. The zero-order valence-corrected chi connectivity index (χ0v) is 15.2. The van der Waals surface area contributed by atoms with Crippen molar-refractivity contribution in [3.8, 4) is 5.75 Å². The Labute approximate surface area is 154 Å². The quantitative estimate of drug-likeness (QED) is 0.855. The summed E-state index contributed by atoms with van der Waals surface area (Å²) in [7, 11) is 1.66. The van der Waals surface area contributed by atoms with Gasteiger partial charge in [0, 0.05) is 19.8 Å². The first-order chi connectivity index (χ1) is 11.7. The summed E-state index contributed by atoms with van der Waals surface area (Å²) in [6.07, 6.45) is 1.71. The Kier molecular flexibility index (Phi) is 7.05. The minimum absolute atomic E-state index is 0. The first kappa shape index (κ1) is 19.5. The van der Waals surface area contributed by atoms with Crippen molar-refractivity contribution in [3.63, 3.8) is 0 Å². The van der Waals surface area contributed by atoms with Crippen molar-refractivity contribution in [2.24, 2.45) is 11.7 Å². The second kappa shape index (κ2) is 9.04. The normalized spacial score (nSPS) is 16.1. The van der Waals surface area contributed by atoms with Gasteiger partial charge in [-0.05, 0) is 53.3 Å². The number of nitrogens with one attached hydrogen (secondary N) is 1. The van der Waals surface area contributed by atoms with E-state index in [1.165, 1.54) is 0 Å². The number of hydrogen-bond donors (Lipinski definition) is 2. The van der Waals surface area contributed by atoms with Crippen LogP contribution in [0.2, 0.25) is 0 Å². The van der Waals surface area contributed by atoms with Gasteiger partial charge in [-0.3, -0.25) is 4.79 Å². The number of hydrogen-bond acceptors (Lipinski definition) is 4. The molecule has 3 rings (SSSR count). The van der Waals surface area contributed by atoms with Gasteiger partial charge in [0.15, 0.2) is 0 Å². The molecule has 1 saturated heterocycles. The van der Waals surface area contributed by atoms with Gasteiger partial charge in [0.05, 0.1) is 13.2 Å². The average molecular weight is 365 g/mol. The van der Waals surface area contributed by atoms with Crippen molar-refractivity contribution < 1.29 is 14.3 Å². The van der Waals surface area contributed by atoms with Crippen molar-refractivity contribution >= 4 is 29.1 Å². The largest absolute Gasteiger partial charge is 0.497 e. The molecular weight excluding hydrogens is 340 g/mol. The van der Waals surface area contributed by atoms with Gasteiger partial charge in [0.25, 0.3) is 0 Å². The molecule has 0 aliphatic carbocycles. The molecule has 0 aromatic heterocycles. The van der Waals surface area contributed by atoms with Crippen LogP contribution in [0.1, 0.15) is 18.4 Å². The standard InChI is InChI=1S/C19H24N2O3.ClH/c1-23-17-5-4-15-10-13(2-3-16(15)11-17)12-21-19(22)18(20)14-6-8-24-9-7-14;/h2-5,10-11,14,18H,6-9,12,20H2,1H3,(H,21,22);1H. The van der Waals surface area contributed by atoms with Crippen LogP contribution < -0.4 is 15.8 Å². The van der Waals surface area contributed by atoms with E-state index in [0.717, 1.165) is 34.9 Å². The zero-order chi connectivity index (χ0) is 16.9. The van der Waals surface area contributed by atoms with Crippen molar-refractivity contribution in [2.75, 3.05) is 20.3 Å². The van der Waals surface area contributed by atoms with Crippen LogP contribution in [0.4, 0.5) is 0 Å². The van der Waals surface area contributed by atoms with E-state index in [1.54, 1.807) is 7.11 Å². The summed E-state index contributed by atoms with van der Waals surface area (Å²) in [5.41, 5.74) is 7.15. The summed E-state index contributed by atoms with van der Waals surface area (Å²) in [6.45, 7) is 1.87. The van der Waals surface area contributed by atoms with Crippen LogP contribution in [0.25, 0.3) is 10.8 Å². The number of amides is 1. The molecule has 0 saturated carbocycles. The summed E-state index contributed by atoms with van der Waals surface area (Å²) < 4.78 is 10.6. The van der Waals surface area contributed by atoms with Gasteiger partial charge < -0.3 is 20.5 Å². The number of carbonyl (C=O) groups is 1. The van der Waals surface area contributed by atoms with E-state index in [-0.39, 0.29) is 24.2 Å². The van der Waals surface area contributed by atoms with E-state index >= 15 is 0 Å². The Morgan fingerprint density at radius 2 is 1.92 bits per heavy atom. The van der Waals surface area contributed by atoms with E-state index in [9.17, 15) is 4.79 Å². The van der Waals surface area contributed by atoms with Crippen LogP contribution in [-0.4, -0.2) is 32.3 Å². The van der Waals surface area contributed by atoms with Crippen molar-refractivity contribution in [2.45, 2.75) is 25.4 Å². The lowest BCUT2D eigenvalue weighted by Gasteiger charge is -2.26. The molecule has 1 amide bonds. The molecule has 0 bridgehead atoms. The highest BCUT2D eigenvalue weighted by Gasteiger charge is 2.26. The predicted octanol–water partition coefficient (Wildman–Crippen LogP) is 2.64. The number of rotatable bonds is 5. The number of methoxy groups -OCH3 is 1. The van der Waals surface area contributed by atoms with Crippen molar-refractivity contribution in [3.05, 3.63) is 42.0 Å².